The summed E-state index contributed by atoms with van der Waals surface area (Å²) in [7, 11) is 0. The van der Waals surface area contributed by atoms with Crippen LogP contribution in [0.1, 0.15) is 11.6 Å². The van der Waals surface area contributed by atoms with Gasteiger partial charge in [-0.2, -0.15) is 0 Å². The van der Waals surface area contributed by atoms with Gasteiger partial charge in [-0.3, -0.25) is 0 Å². The van der Waals surface area contributed by atoms with Gasteiger partial charge < -0.3 is 14.7 Å². The van der Waals surface area contributed by atoms with E-state index in [2.05, 4.69) is 47.1 Å². The second-order valence-corrected chi connectivity index (χ2v) is 7.46. The molecule has 126 valence electrons. The number of benzene rings is 2. The molecule has 0 amide bonds. The molecule has 0 saturated carbocycles. The maximum Gasteiger partial charge on any atom is 0.135 e. The molecule has 0 saturated heterocycles. The van der Waals surface area contributed by atoms with Gasteiger partial charge in [0, 0.05) is 14.5 Å². The lowest BCUT2D eigenvalue weighted by molar-refractivity contribution is 0.491. The standard InChI is InChI=1S/C19H15Br2N3O/c20-12-5-7-14(15(21)9-12)18-8-6-13(25-18)10-22-11-19-23-16-3-1-2-4-17(16)24-19/h1-9,22H,10-11H2,(H,23,24). The van der Waals surface area contributed by atoms with E-state index in [1.807, 2.05) is 54.6 Å². The number of aromatic nitrogens is 2. The molecule has 0 radical (unpaired) electrons. The predicted octanol–water partition coefficient (Wildman–Crippen LogP) is 5.64. The van der Waals surface area contributed by atoms with E-state index >= 15 is 0 Å². The molecule has 0 spiro atoms. The average Bonchev–Trinajstić information content (AvgIpc) is 3.21. The van der Waals surface area contributed by atoms with Crippen molar-refractivity contribution in [2.24, 2.45) is 0 Å². The maximum absolute atomic E-state index is 5.95. The summed E-state index contributed by atoms with van der Waals surface area (Å²) < 4.78 is 7.98. The summed E-state index contributed by atoms with van der Waals surface area (Å²) in [5.74, 6) is 2.66. The first-order valence-electron chi connectivity index (χ1n) is 7.87. The third kappa shape index (κ3) is 3.71. The molecule has 6 heteroatoms. The van der Waals surface area contributed by atoms with Gasteiger partial charge in [0.25, 0.3) is 0 Å². The highest BCUT2D eigenvalue weighted by atomic mass is 79.9. The number of H-pyrrole nitrogens is 1. The van der Waals surface area contributed by atoms with Gasteiger partial charge in [0.15, 0.2) is 0 Å². The molecule has 4 rings (SSSR count). The van der Waals surface area contributed by atoms with Crippen molar-refractivity contribution >= 4 is 42.9 Å². The third-order valence-corrected chi connectivity index (χ3v) is 5.04. The van der Waals surface area contributed by atoms with E-state index in [0.29, 0.717) is 13.1 Å². The van der Waals surface area contributed by atoms with Gasteiger partial charge in [-0.05, 0) is 58.4 Å². The third-order valence-electron chi connectivity index (χ3n) is 3.89. The van der Waals surface area contributed by atoms with Crippen LogP contribution >= 0.6 is 31.9 Å². The zero-order valence-electron chi connectivity index (χ0n) is 13.2. The zero-order chi connectivity index (χ0) is 17.2. The smallest absolute Gasteiger partial charge is 0.135 e. The van der Waals surface area contributed by atoms with Crippen molar-refractivity contribution in [2.75, 3.05) is 0 Å². The summed E-state index contributed by atoms with van der Waals surface area (Å²) in [4.78, 5) is 7.87. The highest BCUT2D eigenvalue weighted by Gasteiger charge is 2.09. The minimum Gasteiger partial charge on any atom is -0.460 e. The number of nitrogens with one attached hydrogen (secondary N) is 2. The largest absolute Gasteiger partial charge is 0.460 e. The van der Waals surface area contributed by atoms with Crippen LogP contribution < -0.4 is 5.32 Å². The quantitative estimate of drug-likeness (QED) is 0.405. The Morgan fingerprint density at radius 2 is 1.88 bits per heavy atom. The molecule has 2 aromatic carbocycles. The van der Waals surface area contributed by atoms with Gasteiger partial charge >= 0.3 is 0 Å². The van der Waals surface area contributed by atoms with E-state index in [1.54, 1.807) is 0 Å². The summed E-state index contributed by atoms with van der Waals surface area (Å²) in [6.45, 7) is 1.30. The van der Waals surface area contributed by atoms with Gasteiger partial charge in [-0.25, -0.2) is 4.98 Å². The summed E-state index contributed by atoms with van der Waals surface area (Å²) in [5, 5.41) is 3.36. The first kappa shape index (κ1) is 16.6. The second kappa shape index (κ2) is 7.15. The van der Waals surface area contributed by atoms with Crippen molar-refractivity contribution in [3.8, 4) is 11.3 Å². The lowest BCUT2D eigenvalue weighted by atomic mass is 10.2. The molecule has 0 aliphatic carbocycles. The van der Waals surface area contributed by atoms with Crippen molar-refractivity contribution in [3.05, 3.63) is 75.1 Å². The Hall–Kier alpha value is -1.89. The molecule has 25 heavy (non-hydrogen) atoms. The SMILES string of the molecule is Brc1ccc(-c2ccc(CNCc3nc4ccccc4[nH]3)o2)c(Br)c1. The molecular weight excluding hydrogens is 446 g/mol. The summed E-state index contributed by atoms with van der Waals surface area (Å²) in [6.07, 6.45) is 0. The number of hydrogen-bond donors (Lipinski definition) is 2. The van der Waals surface area contributed by atoms with Crippen molar-refractivity contribution in [3.63, 3.8) is 0 Å². The molecule has 2 aromatic heterocycles. The summed E-state index contributed by atoms with van der Waals surface area (Å²) >= 11 is 7.04. The van der Waals surface area contributed by atoms with Gasteiger partial charge in [0.2, 0.25) is 0 Å². The van der Waals surface area contributed by atoms with Crippen LogP contribution in [0.25, 0.3) is 22.4 Å². The molecular formula is C19H15Br2N3O. The van der Waals surface area contributed by atoms with Gasteiger partial charge in [-0.1, -0.05) is 28.1 Å². The molecule has 2 heterocycles. The minimum atomic E-state index is 0.644. The van der Waals surface area contributed by atoms with E-state index in [4.69, 9.17) is 4.42 Å². The van der Waals surface area contributed by atoms with Crippen LogP contribution in [0.2, 0.25) is 0 Å². The van der Waals surface area contributed by atoms with Crippen molar-refractivity contribution in [2.45, 2.75) is 13.1 Å². The number of halogens is 2. The number of fused-ring (bicyclic) bond motifs is 1. The monoisotopic (exact) mass is 459 g/mol. The van der Waals surface area contributed by atoms with Crippen molar-refractivity contribution < 1.29 is 4.42 Å². The molecule has 0 unspecified atom stereocenters. The van der Waals surface area contributed by atoms with Crippen LogP contribution in [0.4, 0.5) is 0 Å². The fourth-order valence-electron chi connectivity index (χ4n) is 2.70. The van der Waals surface area contributed by atoms with E-state index in [9.17, 15) is 0 Å². The van der Waals surface area contributed by atoms with E-state index in [0.717, 1.165) is 42.9 Å². The normalized spacial score (nSPS) is 11.3. The summed E-state index contributed by atoms with van der Waals surface area (Å²) in [5.41, 5.74) is 3.08. The topological polar surface area (TPSA) is 53.9 Å². The fourth-order valence-corrected chi connectivity index (χ4v) is 3.94. The average molecular weight is 461 g/mol. The number of imidazole rings is 1. The minimum absolute atomic E-state index is 0.644. The zero-order valence-corrected chi connectivity index (χ0v) is 16.4. The highest BCUT2D eigenvalue weighted by Crippen LogP contribution is 2.31. The second-order valence-electron chi connectivity index (χ2n) is 5.69. The molecule has 4 aromatic rings. The highest BCUT2D eigenvalue weighted by molar-refractivity contribution is 9.11. The lowest BCUT2D eigenvalue weighted by Crippen LogP contribution is -2.13. The van der Waals surface area contributed by atoms with E-state index < -0.39 is 0 Å². The molecule has 0 bridgehead atoms. The van der Waals surface area contributed by atoms with Crippen LogP contribution in [0.3, 0.4) is 0 Å². The number of para-hydroxylation sites is 2. The van der Waals surface area contributed by atoms with E-state index in [1.165, 1.54) is 0 Å². The number of nitrogens with zero attached hydrogens (tertiary/aromatic N) is 1. The Kier molecular flexibility index (Phi) is 4.74. The first-order chi connectivity index (χ1) is 12.2. The van der Waals surface area contributed by atoms with Gasteiger partial charge in [-0.15, -0.1) is 0 Å². The Labute approximate surface area is 161 Å². The van der Waals surface area contributed by atoms with Crippen molar-refractivity contribution in [1.29, 1.82) is 0 Å². The van der Waals surface area contributed by atoms with Crippen molar-refractivity contribution in [1.82, 2.24) is 15.3 Å². The van der Waals surface area contributed by atoms with Crippen LogP contribution in [0.5, 0.6) is 0 Å². The maximum atomic E-state index is 5.95. The molecule has 0 fully saturated rings. The number of aromatic amines is 1. The number of rotatable bonds is 5. The predicted molar refractivity (Wildman–Crippen MR) is 106 cm³/mol. The number of furan rings is 1. The van der Waals surface area contributed by atoms with Crippen LogP contribution in [0, 0.1) is 0 Å². The Morgan fingerprint density at radius 3 is 2.72 bits per heavy atom. The van der Waals surface area contributed by atoms with E-state index in [-0.39, 0.29) is 0 Å². The Balaban J connectivity index is 1.41. The molecule has 0 aliphatic heterocycles. The lowest BCUT2D eigenvalue weighted by Gasteiger charge is -2.02. The summed E-state index contributed by atoms with van der Waals surface area (Å²) in [6, 6.07) is 18.1. The molecule has 4 nitrogen and oxygen atoms in total. The molecule has 2 N–H and O–H groups in total. The van der Waals surface area contributed by atoms with Crippen LogP contribution in [0.15, 0.2) is 68.0 Å². The van der Waals surface area contributed by atoms with Gasteiger partial charge in [0.05, 0.1) is 24.1 Å². The first-order valence-corrected chi connectivity index (χ1v) is 9.46. The van der Waals surface area contributed by atoms with Crippen LogP contribution in [-0.4, -0.2) is 9.97 Å². The van der Waals surface area contributed by atoms with Crippen LogP contribution in [-0.2, 0) is 13.1 Å². The van der Waals surface area contributed by atoms with Gasteiger partial charge in [0.1, 0.15) is 17.3 Å². The number of hydrogen-bond acceptors (Lipinski definition) is 3. The Morgan fingerprint density at radius 1 is 1.00 bits per heavy atom. The molecule has 0 atom stereocenters. The molecule has 0 aliphatic rings. The fraction of sp³-hybridized carbons (Fsp3) is 0.105. The Bertz CT molecular complexity index is 989.